The van der Waals surface area contributed by atoms with Crippen LogP contribution < -0.4 is 20.1 Å². The highest BCUT2D eigenvalue weighted by Crippen LogP contribution is 2.26. The third-order valence-electron chi connectivity index (χ3n) is 3.50. The molecule has 6 nitrogen and oxygen atoms in total. The van der Waals surface area contributed by atoms with E-state index in [-0.39, 0.29) is 12.3 Å². The number of benzene rings is 1. The van der Waals surface area contributed by atoms with Gasteiger partial charge in [-0.2, -0.15) is 8.78 Å². The maximum absolute atomic E-state index is 12.7. The van der Waals surface area contributed by atoms with E-state index in [0.29, 0.717) is 30.4 Å². The number of hydrogen-bond acceptors (Lipinski definition) is 5. The lowest BCUT2D eigenvalue weighted by Crippen LogP contribution is -2.36. The van der Waals surface area contributed by atoms with Crippen molar-refractivity contribution >= 4 is 17.3 Å². The van der Waals surface area contributed by atoms with E-state index in [4.69, 9.17) is 4.74 Å². The molecule has 9 heteroatoms. The van der Waals surface area contributed by atoms with E-state index in [1.165, 1.54) is 6.07 Å². The zero-order valence-electron chi connectivity index (χ0n) is 15.6. The van der Waals surface area contributed by atoms with Gasteiger partial charge in [-0.1, -0.05) is 6.92 Å². The van der Waals surface area contributed by atoms with Gasteiger partial charge in [-0.25, -0.2) is 4.98 Å². The molecule has 1 aromatic heterocycles. The summed E-state index contributed by atoms with van der Waals surface area (Å²) in [6, 6.07) is 4.92. The van der Waals surface area contributed by atoms with E-state index in [0.717, 1.165) is 16.3 Å². The van der Waals surface area contributed by atoms with Crippen LogP contribution in [0.4, 0.5) is 8.78 Å². The molecular formula is C18H24F2N4O2S. The van der Waals surface area contributed by atoms with E-state index < -0.39 is 6.61 Å². The van der Waals surface area contributed by atoms with Gasteiger partial charge in [-0.15, -0.1) is 11.3 Å². The second kappa shape index (κ2) is 10.7. The topological polar surface area (TPSA) is 67.8 Å². The number of ether oxygens (including phenoxy) is 2. The molecule has 0 radical (unpaired) electrons. The Labute approximate surface area is 161 Å². The summed E-state index contributed by atoms with van der Waals surface area (Å²) in [5.74, 6) is 1.13. The molecule has 0 fully saturated rings. The zero-order chi connectivity index (χ0) is 19.6. The third-order valence-corrected chi connectivity index (χ3v) is 4.41. The molecule has 0 atom stereocenters. The van der Waals surface area contributed by atoms with Crippen LogP contribution in [-0.4, -0.2) is 31.2 Å². The summed E-state index contributed by atoms with van der Waals surface area (Å²) in [5.41, 5.74) is 0.579. The minimum Gasteiger partial charge on any atom is -0.493 e. The Bertz CT molecular complexity index is 753. The molecule has 2 N–H and O–H groups in total. The van der Waals surface area contributed by atoms with Crippen molar-refractivity contribution in [2.24, 2.45) is 4.99 Å². The molecule has 0 aliphatic rings. The van der Waals surface area contributed by atoms with Gasteiger partial charge in [0.1, 0.15) is 11.5 Å². The van der Waals surface area contributed by atoms with Crippen LogP contribution in [0.3, 0.4) is 0 Å². The SMILES string of the molecule is CCCOc1ccc(CNC(=NC)NCc2cnc(C)s2)c(OC(F)F)c1. The van der Waals surface area contributed by atoms with Gasteiger partial charge in [-0.05, 0) is 25.5 Å². The minimum atomic E-state index is -2.91. The molecule has 0 unspecified atom stereocenters. The van der Waals surface area contributed by atoms with Crippen molar-refractivity contribution in [3.05, 3.63) is 39.8 Å². The van der Waals surface area contributed by atoms with Crippen molar-refractivity contribution in [2.45, 2.75) is 40.0 Å². The number of aromatic nitrogens is 1. The maximum atomic E-state index is 12.7. The number of thiazole rings is 1. The maximum Gasteiger partial charge on any atom is 0.387 e. The van der Waals surface area contributed by atoms with Crippen molar-refractivity contribution in [3.63, 3.8) is 0 Å². The molecule has 0 spiro atoms. The van der Waals surface area contributed by atoms with Crippen LogP contribution in [0.2, 0.25) is 0 Å². The highest BCUT2D eigenvalue weighted by atomic mass is 32.1. The van der Waals surface area contributed by atoms with Crippen molar-refractivity contribution in [3.8, 4) is 11.5 Å². The predicted octanol–water partition coefficient (Wildman–Crippen LogP) is 3.71. The lowest BCUT2D eigenvalue weighted by Gasteiger charge is -2.15. The van der Waals surface area contributed by atoms with Gasteiger partial charge < -0.3 is 20.1 Å². The monoisotopic (exact) mass is 398 g/mol. The average Bonchev–Trinajstić information content (AvgIpc) is 3.06. The van der Waals surface area contributed by atoms with E-state index >= 15 is 0 Å². The number of alkyl halides is 2. The normalized spacial score (nSPS) is 11.6. The summed E-state index contributed by atoms with van der Waals surface area (Å²) in [7, 11) is 1.64. The second-order valence-corrected chi connectivity index (χ2v) is 6.94. The molecule has 0 saturated carbocycles. The molecule has 1 aromatic carbocycles. The van der Waals surface area contributed by atoms with Crippen LogP contribution in [0.25, 0.3) is 0 Å². The molecule has 0 saturated heterocycles. The molecule has 0 aliphatic carbocycles. The minimum absolute atomic E-state index is 0.0830. The predicted molar refractivity (Wildman–Crippen MR) is 103 cm³/mol. The number of nitrogens with one attached hydrogen (secondary N) is 2. The largest absolute Gasteiger partial charge is 0.493 e. The van der Waals surface area contributed by atoms with E-state index in [2.05, 4.69) is 25.3 Å². The summed E-state index contributed by atoms with van der Waals surface area (Å²) in [6.07, 6.45) is 2.64. The third kappa shape index (κ3) is 7.01. The number of hydrogen-bond donors (Lipinski definition) is 2. The lowest BCUT2D eigenvalue weighted by atomic mass is 10.2. The molecule has 2 aromatic rings. The first-order valence-electron chi connectivity index (χ1n) is 8.58. The molecule has 27 heavy (non-hydrogen) atoms. The number of guanidine groups is 1. The Kier molecular flexibility index (Phi) is 8.25. The van der Waals surface area contributed by atoms with Crippen LogP contribution in [0.1, 0.15) is 28.8 Å². The fourth-order valence-corrected chi connectivity index (χ4v) is 2.99. The van der Waals surface area contributed by atoms with E-state index in [9.17, 15) is 8.78 Å². The van der Waals surface area contributed by atoms with Crippen LogP contribution in [0.15, 0.2) is 29.4 Å². The van der Waals surface area contributed by atoms with Crippen molar-refractivity contribution in [1.29, 1.82) is 0 Å². The molecule has 0 aliphatic heterocycles. The number of halogens is 2. The molecule has 0 amide bonds. The number of rotatable bonds is 9. The summed E-state index contributed by atoms with van der Waals surface area (Å²) < 4.78 is 35.6. The molecule has 1 heterocycles. The van der Waals surface area contributed by atoms with Gasteiger partial charge in [0.15, 0.2) is 5.96 Å². The summed E-state index contributed by atoms with van der Waals surface area (Å²) in [4.78, 5) is 9.42. The first-order valence-corrected chi connectivity index (χ1v) is 9.39. The Morgan fingerprint density at radius 3 is 2.70 bits per heavy atom. The quantitative estimate of drug-likeness (QED) is 0.498. The van der Waals surface area contributed by atoms with Gasteiger partial charge in [0.05, 0.1) is 18.2 Å². The van der Waals surface area contributed by atoms with Crippen LogP contribution in [0, 0.1) is 6.92 Å². The van der Waals surface area contributed by atoms with Gasteiger partial charge in [0.2, 0.25) is 0 Å². The fourth-order valence-electron chi connectivity index (χ4n) is 2.25. The van der Waals surface area contributed by atoms with Gasteiger partial charge in [-0.3, -0.25) is 4.99 Å². The summed E-state index contributed by atoms with van der Waals surface area (Å²) >= 11 is 1.60. The van der Waals surface area contributed by atoms with Crippen LogP contribution in [0.5, 0.6) is 11.5 Å². The fraction of sp³-hybridized carbons (Fsp3) is 0.444. The Balaban J connectivity index is 1.98. The van der Waals surface area contributed by atoms with E-state index in [1.807, 2.05) is 20.0 Å². The smallest absolute Gasteiger partial charge is 0.387 e. The van der Waals surface area contributed by atoms with E-state index in [1.54, 1.807) is 30.5 Å². The second-order valence-electron chi connectivity index (χ2n) is 5.62. The number of nitrogens with zero attached hydrogens (tertiary/aromatic N) is 2. The first kappa shape index (κ1) is 20.9. The van der Waals surface area contributed by atoms with Crippen molar-refractivity contribution in [1.82, 2.24) is 15.6 Å². The highest BCUT2D eigenvalue weighted by molar-refractivity contribution is 7.11. The lowest BCUT2D eigenvalue weighted by molar-refractivity contribution is -0.0505. The number of aliphatic imine (C=N–C) groups is 1. The van der Waals surface area contributed by atoms with Crippen molar-refractivity contribution < 1.29 is 18.3 Å². The van der Waals surface area contributed by atoms with Gasteiger partial charge in [0, 0.05) is 36.3 Å². The standard InChI is InChI=1S/C18H24F2N4O2S/c1-4-7-25-14-6-5-13(16(8-14)26-17(19)20)9-23-18(21-3)24-11-15-10-22-12(2)27-15/h5-6,8,10,17H,4,7,9,11H2,1-3H3,(H2,21,23,24). The Morgan fingerprint density at radius 2 is 2.07 bits per heavy atom. The molecule has 0 bridgehead atoms. The Morgan fingerprint density at radius 1 is 1.30 bits per heavy atom. The van der Waals surface area contributed by atoms with Crippen LogP contribution in [-0.2, 0) is 13.1 Å². The highest BCUT2D eigenvalue weighted by Gasteiger charge is 2.12. The molecule has 2 rings (SSSR count). The molecule has 148 valence electrons. The Hall–Kier alpha value is -2.42. The van der Waals surface area contributed by atoms with Crippen LogP contribution >= 0.6 is 11.3 Å². The first-order chi connectivity index (χ1) is 13.0. The summed E-state index contributed by atoms with van der Waals surface area (Å²) in [6.45, 7) is 2.38. The summed E-state index contributed by atoms with van der Waals surface area (Å²) in [5, 5.41) is 7.26. The van der Waals surface area contributed by atoms with Crippen molar-refractivity contribution in [2.75, 3.05) is 13.7 Å². The number of aryl methyl sites for hydroxylation is 1. The average molecular weight is 398 g/mol. The van der Waals surface area contributed by atoms with Gasteiger partial charge in [0.25, 0.3) is 0 Å². The zero-order valence-corrected chi connectivity index (χ0v) is 16.4. The molecular weight excluding hydrogens is 374 g/mol. The van der Waals surface area contributed by atoms with Gasteiger partial charge >= 0.3 is 6.61 Å².